The van der Waals surface area contributed by atoms with Crippen molar-refractivity contribution in [2.24, 2.45) is 5.92 Å². The summed E-state index contributed by atoms with van der Waals surface area (Å²) in [6.07, 6.45) is 11.0. The van der Waals surface area contributed by atoms with Gasteiger partial charge in [-0.25, -0.2) is 4.98 Å². The SMILES string of the molecule is Cc1ccc2c(n1)oc1c(-c3cc(C(C)(C)C4CCCC4)ccn3)cncc12. The molecule has 1 saturated carbocycles. The quantitative estimate of drug-likeness (QED) is 0.429. The Hall–Kier alpha value is -2.75. The van der Waals surface area contributed by atoms with Gasteiger partial charge >= 0.3 is 0 Å². The Kier molecular flexibility index (Phi) is 3.97. The predicted octanol–water partition coefficient (Wildman–Crippen LogP) is 6.21. The Morgan fingerprint density at radius 3 is 2.68 bits per heavy atom. The molecule has 4 aromatic rings. The second-order valence-electron chi connectivity index (χ2n) is 8.60. The Labute approximate surface area is 165 Å². The minimum atomic E-state index is 0.141. The highest BCUT2D eigenvalue weighted by molar-refractivity contribution is 6.07. The summed E-state index contributed by atoms with van der Waals surface area (Å²) in [5, 5.41) is 1.99. The van der Waals surface area contributed by atoms with Crippen molar-refractivity contribution in [2.45, 2.75) is 51.9 Å². The number of hydrogen-bond acceptors (Lipinski definition) is 4. The number of aryl methyl sites for hydroxylation is 1. The van der Waals surface area contributed by atoms with E-state index in [2.05, 4.69) is 47.0 Å². The van der Waals surface area contributed by atoms with Crippen LogP contribution in [0, 0.1) is 12.8 Å². The van der Waals surface area contributed by atoms with E-state index >= 15 is 0 Å². The van der Waals surface area contributed by atoms with E-state index in [1.807, 2.05) is 31.6 Å². The molecule has 4 heterocycles. The number of hydrogen-bond donors (Lipinski definition) is 0. The summed E-state index contributed by atoms with van der Waals surface area (Å²) in [7, 11) is 0. The lowest BCUT2D eigenvalue weighted by atomic mass is 9.72. The molecule has 0 unspecified atom stereocenters. The molecule has 0 amide bonds. The highest BCUT2D eigenvalue weighted by Gasteiger charge is 2.33. The summed E-state index contributed by atoms with van der Waals surface area (Å²) in [6, 6.07) is 8.45. The van der Waals surface area contributed by atoms with Gasteiger partial charge in [0.1, 0.15) is 5.58 Å². The van der Waals surface area contributed by atoms with E-state index in [-0.39, 0.29) is 5.41 Å². The summed E-state index contributed by atoms with van der Waals surface area (Å²) < 4.78 is 6.15. The lowest BCUT2D eigenvalue weighted by Gasteiger charge is -2.32. The van der Waals surface area contributed by atoms with E-state index in [0.717, 1.165) is 39.2 Å². The number of rotatable bonds is 3. The molecule has 1 aliphatic carbocycles. The Morgan fingerprint density at radius 2 is 1.86 bits per heavy atom. The number of aromatic nitrogens is 3. The molecule has 4 aromatic heterocycles. The second kappa shape index (κ2) is 6.40. The lowest BCUT2D eigenvalue weighted by Crippen LogP contribution is -2.26. The zero-order valence-corrected chi connectivity index (χ0v) is 16.7. The third-order valence-electron chi connectivity index (χ3n) is 6.54. The van der Waals surface area contributed by atoms with E-state index in [0.29, 0.717) is 5.71 Å². The highest BCUT2D eigenvalue weighted by Crippen LogP contribution is 2.43. The third-order valence-corrected chi connectivity index (χ3v) is 6.54. The first-order valence-electron chi connectivity index (χ1n) is 10.1. The lowest BCUT2D eigenvalue weighted by molar-refractivity contribution is 0.325. The molecule has 0 bridgehead atoms. The summed E-state index contributed by atoms with van der Waals surface area (Å²) in [5.41, 5.74) is 5.74. The van der Waals surface area contributed by atoms with Crippen LogP contribution in [-0.4, -0.2) is 15.0 Å². The van der Waals surface area contributed by atoms with Crippen LogP contribution in [0.5, 0.6) is 0 Å². The topological polar surface area (TPSA) is 51.8 Å². The van der Waals surface area contributed by atoms with Crippen molar-refractivity contribution in [3.8, 4) is 11.3 Å². The van der Waals surface area contributed by atoms with E-state index in [9.17, 15) is 0 Å². The fourth-order valence-corrected chi connectivity index (χ4v) is 4.71. The number of fused-ring (bicyclic) bond motifs is 3. The van der Waals surface area contributed by atoms with Crippen LogP contribution in [0.4, 0.5) is 0 Å². The normalized spacial score (nSPS) is 15.7. The van der Waals surface area contributed by atoms with Gasteiger partial charge in [0, 0.05) is 35.1 Å². The smallest absolute Gasteiger partial charge is 0.227 e. The zero-order valence-electron chi connectivity index (χ0n) is 16.7. The van der Waals surface area contributed by atoms with Crippen LogP contribution in [0.1, 0.15) is 50.8 Å². The fourth-order valence-electron chi connectivity index (χ4n) is 4.71. The van der Waals surface area contributed by atoms with Gasteiger partial charge in [0.15, 0.2) is 0 Å². The first kappa shape index (κ1) is 17.4. The van der Waals surface area contributed by atoms with Gasteiger partial charge < -0.3 is 4.42 Å². The van der Waals surface area contributed by atoms with E-state index in [1.165, 1.54) is 31.2 Å². The van der Waals surface area contributed by atoms with Gasteiger partial charge in [0.25, 0.3) is 0 Å². The average Bonchev–Trinajstić information content (AvgIpc) is 3.36. The fraction of sp³-hybridized carbons (Fsp3) is 0.375. The predicted molar refractivity (Wildman–Crippen MR) is 112 cm³/mol. The maximum Gasteiger partial charge on any atom is 0.227 e. The first-order chi connectivity index (χ1) is 13.5. The van der Waals surface area contributed by atoms with Gasteiger partial charge in [-0.2, -0.15) is 0 Å². The Balaban J connectivity index is 1.65. The summed E-state index contributed by atoms with van der Waals surface area (Å²) in [6.45, 7) is 6.71. The van der Waals surface area contributed by atoms with E-state index in [4.69, 9.17) is 4.42 Å². The molecule has 28 heavy (non-hydrogen) atoms. The molecule has 4 nitrogen and oxygen atoms in total. The summed E-state index contributed by atoms with van der Waals surface area (Å²) >= 11 is 0. The van der Waals surface area contributed by atoms with Crippen LogP contribution in [0.15, 0.2) is 47.3 Å². The van der Waals surface area contributed by atoms with Gasteiger partial charge in [0.2, 0.25) is 5.71 Å². The van der Waals surface area contributed by atoms with Gasteiger partial charge in [-0.3, -0.25) is 9.97 Å². The van der Waals surface area contributed by atoms with Gasteiger partial charge in [0.05, 0.1) is 11.3 Å². The third kappa shape index (κ3) is 2.70. The van der Waals surface area contributed by atoms with Crippen molar-refractivity contribution in [1.29, 1.82) is 0 Å². The van der Waals surface area contributed by atoms with Crippen molar-refractivity contribution in [1.82, 2.24) is 15.0 Å². The molecule has 4 heteroatoms. The molecular weight excluding hydrogens is 346 g/mol. The molecule has 0 saturated heterocycles. The molecule has 0 spiro atoms. The Morgan fingerprint density at radius 1 is 1.04 bits per heavy atom. The maximum atomic E-state index is 6.15. The van der Waals surface area contributed by atoms with Crippen LogP contribution in [0.25, 0.3) is 33.3 Å². The summed E-state index contributed by atoms with van der Waals surface area (Å²) in [4.78, 5) is 13.7. The molecule has 0 radical (unpaired) electrons. The standard InChI is InChI=1S/C24H25N3O/c1-15-8-9-18-19-13-25-14-20(22(19)28-23(18)27-15)21-12-17(10-11-26-21)24(2,3)16-6-4-5-7-16/h8-14,16H,4-7H2,1-3H3. The average molecular weight is 371 g/mol. The van der Waals surface area contributed by atoms with Gasteiger partial charge in [-0.15, -0.1) is 0 Å². The maximum absolute atomic E-state index is 6.15. The monoisotopic (exact) mass is 371 g/mol. The van der Waals surface area contributed by atoms with Gasteiger partial charge in [-0.1, -0.05) is 26.7 Å². The van der Waals surface area contributed by atoms with E-state index < -0.39 is 0 Å². The molecule has 1 aliphatic rings. The number of nitrogens with zero attached hydrogens (tertiary/aromatic N) is 3. The second-order valence-corrected chi connectivity index (χ2v) is 8.60. The van der Waals surface area contributed by atoms with Gasteiger partial charge in [-0.05, 0) is 60.9 Å². The Bertz CT molecular complexity index is 1170. The van der Waals surface area contributed by atoms with Crippen molar-refractivity contribution < 1.29 is 4.42 Å². The minimum Gasteiger partial charge on any atom is -0.437 e. The van der Waals surface area contributed by atoms with Crippen LogP contribution in [-0.2, 0) is 5.41 Å². The van der Waals surface area contributed by atoms with Crippen molar-refractivity contribution in [3.63, 3.8) is 0 Å². The van der Waals surface area contributed by atoms with Crippen molar-refractivity contribution in [2.75, 3.05) is 0 Å². The van der Waals surface area contributed by atoms with Crippen molar-refractivity contribution >= 4 is 22.1 Å². The molecular formula is C24H25N3O. The van der Waals surface area contributed by atoms with Crippen LogP contribution in [0.2, 0.25) is 0 Å². The summed E-state index contributed by atoms with van der Waals surface area (Å²) in [5.74, 6) is 0.732. The molecule has 5 rings (SSSR count). The minimum absolute atomic E-state index is 0.141. The first-order valence-corrected chi connectivity index (χ1v) is 10.1. The van der Waals surface area contributed by atoms with Crippen LogP contribution >= 0.6 is 0 Å². The number of furan rings is 1. The van der Waals surface area contributed by atoms with Crippen molar-refractivity contribution in [3.05, 3.63) is 54.1 Å². The molecule has 142 valence electrons. The molecule has 0 aromatic carbocycles. The van der Waals surface area contributed by atoms with Crippen LogP contribution in [0.3, 0.4) is 0 Å². The van der Waals surface area contributed by atoms with Crippen LogP contribution < -0.4 is 0 Å². The molecule has 0 atom stereocenters. The number of pyridine rings is 3. The largest absolute Gasteiger partial charge is 0.437 e. The van der Waals surface area contributed by atoms with E-state index in [1.54, 1.807) is 0 Å². The molecule has 1 fully saturated rings. The zero-order chi connectivity index (χ0) is 19.3. The molecule has 0 N–H and O–H groups in total. The highest BCUT2D eigenvalue weighted by atomic mass is 16.3. The molecule has 0 aliphatic heterocycles.